The van der Waals surface area contributed by atoms with Gasteiger partial charge in [-0.05, 0) is 45.2 Å². The topological polar surface area (TPSA) is 135 Å². The van der Waals surface area contributed by atoms with E-state index in [0.29, 0.717) is 34.8 Å². The summed E-state index contributed by atoms with van der Waals surface area (Å²) in [6.45, 7) is 6.07. The summed E-state index contributed by atoms with van der Waals surface area (Å²) < 4.78 is 24.6. The number of benzene rings is 1. The van der Waals surface area contributed by atoms with Crippen LogP contribution >= 0.6 is 35.3 Å². The van der Waals surface area contributed by atoms with Crippen molar-refractivity contribution in [2.24, 2.45) is 0 Å². The third-order valence-electron chi connectivity index (χ3n) is 7.72. The average molecular weight is 662 g/mol. The minimum atomic E-state index is -1.62. The number of hydrogen-bond acceptors (Lipinski definition) is 13. The summed E-state index contributed by atoms with van der Waals surface area (Å²) in [5.74, 6) is -3.56. The van der Waals surface area contributed by atoms with E-state index >= 15 is 0 Å². The molecule has 1 aromatic rings. The second-order valence-corrected chi connectivity index (χ2v) is 14.4. The zero-order chi connectivity index (χ0) is 32.1. The summed E-state index contributed by atoms with van der Waals surface area (Å²) >= 11 is 2.79. The van der Waals surface area contributed by atoms with Crippen LogP contribution in [0.4, 0.5) is 5.69 Å². The van der Waals surface area contributed by atoms with Crippen LogP contribution < -0.4 is 4.90 Å². The molecule has 5 rings (SSSR count). The number of methoxy groups -OCH3 is 4. The van der Waals surface area contributed by atoms with Gasteiger partial charge < -0.3 is 23.7 Å². The third-order valence-corrected chi connectivity index (χ3v) is 12.4. The summed E-state index contributed by atoms with van der Waals surface area (Å²) in [4.78, 5) is 69.5. The van der Waals surface area contributed by atoms with Gasteiger partial charge in [-0.3, -0.25) is 9.69 Å². The molecule has 1 atom stereocenters. The predicted octanol–water partition coefficient (Wildman–Crippen LogP) is 4.09. The molecule has 4 aliphatic rings. The summed E-state index contributed by atoms with van der Waals surface area (Å²) in [6, 6.07) is 5.58. The van der Waals surface area contributed by atoms with E-state index in [9.17, 15) is 24.0 Å². The van der Waals surface area contributed by atoms with Crippen molar-refractivity contribution in [1.29, 1.82) is 0 Å². The van der Waals surface area contributed by atoms with E-state index in [1.807, 2.05) is 39.0 Å². The number of fused-ring (bicyclic) bond motifs is 3. The van der Waals surface area contributed by atoms with Crippen molar-refractivity contribution in [2.45, 2.75) is 49.3 Å². The minimum Gasteiger partial charge on any atom is -0.466 e. The van der Waals surface area contributed by atoms with Crippen molar-refractivity contribution in [2.75, 3.05) is 39.9 Å². The number of carbonyl (C=O) groups excluding carboxylic acids is 5. The number of thioether (sulfide) groups is 3. The second-order valence-electron chi connectivity index (χ2n) is 10.7. The second kappa shape index (κ2) is 12.0. The van der Waals surface area contributed by atoms with Crippen molar-refractivity contribution in [1.82, 2.24) is 0 Å². The van der Waals surface area contributed by atoms with Gasteiger partial charge in [-0.15, -0.1) is 0 Å². The Morgan fingerprint density at radius 3 is 1.95 bits per heavy atom. The highest BCUT2D eigenvalue weighted by Crippen LogP contribution is 2.71. The molecule has 0 aliphatic carbocycles. The number of nitrogens with zero attached hydrogens (tertiary/aromatic N) is 1. The highest BCUT2D eigenvalue weighted by molar-refractivity contribution is 8.26. The number of aryl methyl sites for hydroxylation is 1. The minimum absolute atomic E-state index is 0.0958. The molecule has 14 heteroatoms. The Balaban J connectivity index is 1.87. The molecule has 0 aromatic heterocycles. The lowest BCUT2D eigenvalue weighted by atomic mass is 9.82. The van der Waals surface area contributed by atoms with Gasteiger partial charge in [0.1, 0.15) is 24.9 Å². The SMILES string of the molecule is COC(=O)C1=C(C(=O)OC)SC2(S1)C(C(=O)OC)=C(C(=O)OC)SC1=C2c2ccc(C)cc2N(C(=O)[C@H]2CCCO2)C1(C)C. The quantitative estimate of drug-likeness (QED) is 0.332. The lowest BCUT2D eigenvalue weighted by molar-refractivity contribution is -0.138. The molecule has 0 bridgehead atoms. The van der Waals surface area contributed by atoms with Gasteiger partial charge >= 0.3 is 23.9 Å². The van der Waals surface area contributed by atoms with Crippen molar-refractivity contribution in [3.63, 3.8) is 0 Å². The van der Waals surface area contributed by atoms with Crippen LogP contribution in [0.3, 0.4) is 0 Å². The van der Waals surface area contributed by atoms with Gasteiger partial charge in [-0.2, -0.15) is 0 Å². The first-order chi connectivity index (χ1) is 20.9. The van der Waals surface area contributed by atoms with Gasteiger partial charge in [-0.25, -0.2) is 19.2 Å². The number of amides is 1. The lowest BCUT2D eigenvalue weighted by Crippen LogP contribution is -2.56. The first-order valence-corrected chi connectivity index (χ1v) is 16.0. The molecule has 11 nitrogen and oxygen atoms in total. The molecule has 1 saturated heterocycles. The molecule has 1 spiro atoms. The Kier molecular flexibility index (Phi) is 8.75. The third kappa shape index (κ3) is 4.86. The van der Waals surface area contributed by atoms with Crippen molar-refractivity contribution >= 4 is 76.3 Å². The average Bonchev–Trinajstić information content (AvgIpc) is 3.69. The molecule has 4 aliphatic heterocycles. The summed E-state index contributed by atoms with van der Waals surface area (Å²) in [5, 5.41) is 0. The number of rotatable bonds is 5. The van der Waals surface area contributed by atoms with Gasteiger partial charge in [0, 0.05) is 22.6 Å². The van der Waals surface area contributed by atoms with E-state index in [1.165, 1.54) is 28.4 Å². The summed E-state index contributed by atoms with van der Waals surface area (Å²) in [6.07, 6.45) is 0.665. The number of hydrogen-bond donors (Lipinski definition) is 0. The fraction of sp³-hybridized carbons (Fsp3) is 0.433. The maximum Gasteiger partial charge on any atom is 0.345 e. The molecule has 1 fully saturated rings. The Hall–Kier alpha value is -3.20. The largest absolute Gasteiger partial charge is 0.466 e. The molecule has 0 unspecified atom stereocenters. The van der Waals surface area contributed by atoms with E-state index in [0.717, 1.165) is 47.3 Å². The summed E-state index contributed by atoms with van der Waals surface area (Å²) in [7, 11) is 4.72. The van der Waals surface area contributed by atoms with Gasteiger partial charge in [0.15, 0.2) is 0 Å². The Labute approximate surface area is 267 Å². The van der Waals surface area contributed by atoms with Crippen LogP contribution in [0.1, 0.15) is 37.8 Å². The number of anilines is 1. The smallest absolute Gasteiger partial charge is 0.345 e. The molecule has 44 heavy (non-hydrogen) atoms. The normalized spacial score (nSPS) is 21.6. The van der Waals surface area contributed by atoms with E-state index in [1.54, 1.807) is 4.90 Å². The summed E-state index contributed by atoms with van der Waals surface area (Å²) in [5.41, 5.74) is 1.32. The monoisotopic (exact) mass is 661 g/mol. The van der Waals surface area contributed by atoms with Crippen LogP contribution in [-0.4, -0.2) is 80.6 Å². The first-order valence-electron chi connectivity index (χ1n) is 13.6. The molecule has 1 amide bonds. The predicted molar refractivity (Wildman–Crippen MR) is 166 cm³/mol. The van der Waals surface area contributed by atoms with E-state index in [-0.39, 0.29) is 26.2 Å². The van der Waals surface area contributed by atoms with Crippen molar-refractivity contribution in [3.8, 4) is 0 Å². The first kappa shape index (κ1) is 32.2. The highest BCUT2D eigenvalue weighted by Gasteiger charge is 2.62. The zero-order valence-corrected chi connectivity index (χ0v) is 27.6. The molecule has 4 heterocycles. The number of esters is 4. The molecule has 1 aromatic carbocycles. The van der Waals surface area contributed by atoms with Crippen LogP contribution in [0.2, 0.25) is 0 Å². The van der Waals surface area contributed by atoms with Crippen LogP contribution in [0, 0.1) is 6.92 Å². The maximum absolute atomic E-state index is 14.2. The number of carbonyl (C=O) groups is 5. The maximum atomic E-state index is 14.2. The van der Waals surface area contributed by atoms with Crippen LogP contribution in [0.5, 0.6) is 0 Å². The molecule has 234 valence electrons. The van der Waals surface area contributed by atoms with E-state index < -0.39 is 39.6 Å². The van der Waals surface area contributed by atoms with E-state index in [2.05, 4.69) is 0 Å². The van der Waals surface area contributed by atoms with Gasteiger partial charge in [0.25, 0.3) is 5.91 Å². The van der Waals surface area contributed by atoms with Crippen molar-refractivity contribution in [3.05, 3.63) is 54.5 Å². The Morgan fingerprint density at radius 1 is 0.864 bits per heavy atom. The van der Waals surface area contributed by atoms with Crippen LogP contribution in [-0.2, 0) is 47.7 Å². The highest BCUT2D eigenvalue weighted by atomic mass is 32.2. The standard InChI is InChI=1S/C30H31NO10S3/c1-14-10-11-15-16(13-14)31(24(32)17-9-8-12-41-17)29(2,3)23-18(15)30(19(25(33)37-4)20(42-23)26(34)38-5)43-21(27(35)39-6)22(44-30)28(36)40-7/h10-11,13,17H,8-9,12H2,1-7H3/t17-/m1/s1. The van der Waals surface area contributed by atoms with E-state index in [4.69, 9.17) is 23.7 Å². The molecular weight excluding hydrogens is 631 g/mol. The molecule has 0 N–H and O–H groups in total. The zero-order valence-electron chi connectivity index (χ0n) is 25.2. The Bertz CT molecular complexity index is 1560. The fourth-order valence-electron chi connectivity index (χ4n) is 5.73. The van der Waals surface area contributed by atoms with Crippen LogP contribution in [0.15, 0.2) is 43.4 Å². The van der Waals surface area contributed by atoms with Gasteiger partial charge in [0.2, 0.25) is 0 Å². The Morgan fingerprint density at radius 2 is 1.43 bits per heavy atom. The molecule has 0 saturated carbocycles. The van der Waals surface area contributed by atoms with Crippen molar-refractivity contribution < 1.29 is 47.7 Å². The van der Waals surface area contributed by atoms with Gasteiger partial charge in [0.05, 0.1) is 45.2 Å². The fourth-order valence-corrected chi connectivity index (χ4v) is 10.8. The lowest BCUT2D eigenvalue weighted by Gasteiger charge is -2.51. The number of ether oxygens (including phenoxy) is 5. The molecule has 0 radical (unpaired) electrons. The molecular formula is C30H31NO10S3. The van der Waals surface area contributed by atoms with Crippen LogP contribution in [0.25, 0.3) is 5.57 Å². The van der Waals surface area contributed by atoms with Gasteiger partial charge in [-0.1, -0.05) is 47.4 Å².